The second-order valence-electron chi connectivity index (χ2n) is 6.66. The Morgan fingerprint density at radius 2 is 1.39 bits per heavy atom. The van der Waals surface area contributed by atoms with E-state index in [-0.39, 0.29) is 18.8 Å². The molecule has 0 unspecified atom stereocenters. The highest BCUT2D eigenvalue weighted by Crippen LogP contribution is 2.36. The third kappa shape index (κ3) is 4.44. The van der Waals surface area contributed by atoms with E-state index >= 15 is 0 Å². The standard InChI is InChI=1S/C22H28N2O4/c1-7-27-21(25)17(22(26)28-8-2)14-15-12-13-19(24(5)6)20-16(15)10-9-11-18(20)23(3)4/h9-14H,7-8H2,1-6H3. The molecular weight excluding hydrogens is 356 g/mol. The second-order valence-corrected chi connectivity index (χ2v) is 6.66. The summed E-state index contributed by atoms with van der Waals surface area (Å²) in [4.78, 5) is 28.8. The van der Waals surface area contributed by atoms with Crippen molar-refractivity contribution in [2.24, 2.45) is 0 Å². The maximum Gasteiger partial charge on any atom is 0.345 e. The Kier molecular flexibility index (Phi) is 7.04. The predicted octanol–water partition coefficient (Wildman–Crippen LogP) is 3.48. The Morgan fingerprint density at radius 3 is 1.89 bits per heavy atom. The van der Waals surface area contributed by atoms with Crippen molar-refractivity contribution < 1.29 is 19.1 Å². The van der Waals surface area contributed by atoms with Gasteiger partial charge in [-0.25, -0.2) is 9.59 Å². The quantitative estimate of drug-likeness (QED) is 0.315. The highest BCUT2D eigenvalue weighted by Gasteiger charge is 2.22. The van der Waals surface area contributed by atoms with Crippen molar-refractivity contribution in [2.75, 3.05) is 51.2 Å². The molecule has 0 aliphatic heterocycles. The first-order valence-electron chi connectivity index (χ1n) is 9.28. The summed E-state index contributed by atoms with van der Waals surface area (Å²) >= 11 is 0. The molecular formula is C22H28N2O4. The van der Waals surface area contributed by atoms with Gasteiger partial charge in [0.1, 0.15) is 5.57 Å². The molecule has 0 N–H and O–H groups in total. The number of rotatable bonds is 7. The van der Waals surface area contributed by atoms with Gasteiger partial charge in [-0.2, -0.15) is 0 Å². The lowest BCUT2D eigenvalue weighted by Crippen LogP contribution is -2.18. The molecule has 0 radical (unpaired) electrons. The zero-order chi connectivity index (χ0) is 20.8. The molecule has 0 aromatic heterocycles. The molecule has 0 saturated carbocycles. The summed E-state index contributed by atoms with van der Waals surface area (Å²) < 4.78 is 10.1. The highest BCUT2D eigenvalue weighted by atomic mass is 16.6. The van der Waals surface area contributed by atoms with Gasteiger partial charge in [-0.3, -0.25) is 0 Å². The number of esters is 2. The molecule has 0 spiro atoms. The van der Waals surface area contributed by atoms with Crippen LogP contribution < -0.4 is 9.80 Å². The van der Waals surface area contributed by atoms with Crippen LogP contribution in [0, 0.1) is 0 Å². The van der Waals surface area contributed by atoms with Gasteiger partial charge in [0.2, 0.25) is 0 Å². The summed E-state index contributed by atoms with van der Waals surface area (Å²) in [6, 6.07) is 9.86. The number of carbonyl (C=O) groups is 2. The fourth-order valence-electron chi connectivity index (χ4n) is 3.04. The van der Waals surface area contributed by atoms with Gasteiger partial charge in [-0.1, -0.05) is 18.2 Å². The first-order chi connectivity index (χ1) is 13.3. The van der Waals surface area contributed by atoms with Crippen LogP contribution in [0.1, 0.15) is 19.4 Å². The number of carbonyl (C=O) groups excluding carboxylic acids is 2. The first-order valence-corrected chi connectivity index (χ1v) is 9.28. The fourth-order valence-corrected chi connectivity index (χ4v) is 3.04. The number of benzene rings is 2. The van der Waals surface area contributed by atoms with E-state index in [1.165, 1.54) is 0 Å². The number of hydrogen-bond acceptors (Lipinski definition) is 6. The Labute approximate surface area is 166 Å². The van der Waals surface area contributed by atoms with Crippen LogP contribution in [0.4, 0.5) is 11.4 Å². The van der Waals surface area contributed by atoms with Crippen molar-refractivity contribution in [3.05, 3.63) is 41.5 Å². The second kappa shape index (κ2) is 9.26. The van der Waals surface area contributed by atoms with Gasteiger partial charge in [-0.05, 0) is 43.0 Å². The minimum absolute atomic E-state index is 0.113. The largest absolute Gasteiger partial charge is 0.462 e. The van der Waals surface area contributed by atoms with E-state index in [0.29, 0.717) is 0 Å². The molecule has 0 saturated heterocycles. The molecule has 2 aromatic carbocycles. The molecule has 0 aliphatic rings. The smallest absolute Gasteiger partial charge is 0.345 e. The SMILES string of the molecule is CCOC(=O)C(=Cc1ccc(N(C)C)c2c(N(C)C)cccc12)C(=O)OCC. The minimum Gasteiger partial charge on any atom is -0.462 e. The minimum atomic E-state index is -0.686. The Hall–Kier alpha value is -3.02. The summed E-state index contributed by atoms with van der Waals surface area (Å²) in [6.07, 6.45) is 1.55. The lowest BCUT2D eigenvalue weighted by atomic mass is 9.98. The zero-order valence-corrected chi connectivity index (χ0v) is 17.4. The molecule has 0 bridgehead atoms. The van der Waals surface area contributed by atoms with Crippen molar-refractivity contribution in [1.82, 2.24) is 0 Å². The number of nitrogens with zero attached hydrogens (tertiary/aromatic N) is 2. The Balaban J connectivity index is 2.76. The van der Waals surface area contributed by atoms with E-state index in [2.05, 4.69) is 0 Å². The number of hydrogen-bond donors (Lipinski definition) is 0. The molecule has 0 atom stereocenters. The van der Waals surface area contributed by atoms with Crippen LogP contribution in [-0.2, 0) is 19.1 Å². The summed E-state index contributed by atoms with van der Waals surface area (Å²) in [5.74, 6) is -1.37. The van der Waals surface area contributed by atoms with Crippen molar-refractivity contribution in [3.8, 4) is 0 Å². The third-order valence-corrected chi connectivity index (χ3v) is 4.28. The monoisotopic (exact) mass is 384 g/mol. The summed E-state index contributed by atoms with van der Waals surface area (Å²) in [5.41, 5.74) is 2.73. The summed E-state index contributed by atoms with van der Waals surface area (Å²) in [6.45, 7) is 3.76. The van der Waals surface area contributed by atoms with Gasteiger partial charge in [0.05, 0.1) is 13.2 Å². The molecule has 28 heavy (non-hydrogen) atoms. The third-order valence-electron chi connectivity index (χ3n) is 4.28. The van der Waals surface area contributed by atoms with Crippen molar-refractivity contribution in [1.29, 1.82) is 0 Å². The van der Waals surface area contributed by atoms with Crippen LogP contribution in [0.2, 0.25) is 0 Å². The Bertz CT molecular complexity index is 867. The number of anilines is 2. The molecule has 6 nitrogen and oxygen atoms in total. The zero-order valence-electron chi connectivity index (χ0n) is 17.4. The lowest BCUT2D eigenvalue weighted by Gasteiger charge is -2.22. The molecule has 0 amide bonds. The molecule has 2 aromatic rings. The van der Waals surface area contributed by atoms with Gasteiger partial charge in [-0.15, -0.1) is 0 Å². The highest BCUT2D eigenvalue weighted by molar-refractivity contribution is 6.19. The van der Waals surface area contributed by atoms with Crippen LogP contribution in [0.25, 0.3) is 16.8 Å². The molecule has 6 heteroatoms. The van der Waals surface area contributed by atoms with E-state index < -0.39 is 11.9 Å². The summed E-state index contributed by atoms with van der Waals surface area (Å²) in [7, 11) is 7.94. The van der Waals surface area contributed by atoms with Crippen molar-refractivity contribution >= 4 is 40.2 Å². The van der Waals surface area contributed by atoms with Gasteiger partial charge >= 0.3 is 11.9 Å². The molecule has 0 heterocycles. The molecule has 2 rings (SSSR count). The van der Waals surface area contributed by atoms with Crippen LogP contribution in [0.5, 0.6) is 0 Å². The van der Waals surface area contributed by atoms with Crippen LogP contribution in [0.15, 0.2) is 35.9 Å². The average Bonchev–Trinajstić information content (AvgIpc) is 2.65. The van der Waals surface area contributed by atoms with Crippen LogP contribution >= 0.6 is 0 Å². The van der Waals surface area contributed by atoms with Gasteiger partial charge < -0.3 is 19.3 Å². The normalized spacial score (nSPS) is 10.4. The Morgan fingerprint density at radius 1 is 0.857 bits per heavy atom. The van der Waals surface area contributed by atoms with E-state index in [1.54, 1.807) is 19.9 Å². The van der Waals surface area contributed by atoms with Crippen LogP contribution in [-0.4, -0.2) is 53.3 Å². The maximum atomic E-state index is 12.3. The fraction of sp³-hybridized carbons (Fsp3) is 0.364. The maximum absolute atomic E-state index is 12.3. The number of ether oxygens (including phenoxy) is 2. The molecule has 0 aliphatic carbocycles. The summed E-state index contributed by atoms with van der Waals surface area (Å²) in [5, 5.41) is 1.97. The van der Waals surface area contributed by atoms with E-state index in [0.717, 1.165) is 27.7 Å². The molecule has 0 fully saturated rings. The van der Waals surface area contributed by atoms with Gasteiger partial charge in [0, 0.05) is 45.0 Å². The van der Waals surface area contributed by atoms with E-state index in [9.17, 15) is 9.59 Å². The first kappa shape index (κ1) is 21.3. The van der Waals surface area contributed by atoms with Gasteiger partial charge in [0.15, 0.2) is 0 Å². The average molecular weight is 384 g/mol. The number of fused-ring (bicyclic) bond motifs is 1. The predicted molar refractivity (Wildman–Crippen MR) is 114 cm³/mol. The van der Waals surface area contributed by atoms with E-state index in [4.69, 9.17) is 9.47 Å². The molecule has 150 valence electrons. The van der Waals surface area contributed by atoms with Crippen molar-refractivity contribution in [3.63, 3.8) is 0 Å². The van der Waals surface area contributed by atoms with E-state index in [1.807, 2.05) is 68.3 Å². The van der Waals surface area contributed by atoms with Gasteiger partial charge in [0.25, 0.3) is 0 Å². The van der Waals surface area contributed by atoms with Crippen molar-refractivity contribution in [2.45, 2.75) is 13.8 Å². The topological polar surface area (TPSA) is 59.1 Å². The van der Waals surface area contributed by atoms with Crippen LogP contribution in [0.3, 0.4) is 0 Å². The lowest BCUT2D eigenvalue weighted by molar-refractivity contribution is -0.146.